The summed E-state index contributed by atoms with van der Waals surface area (Å²) in [6, 6.07) is 5.18. The Balaban J connectivity index is 0.00000192. The number of likely N-dealkylation sites (tertiary alicyclic amines) is 1. The minimum Gasteiger partial charge on any atom is -0.360 e. The van der Waals surface area contributed by atoms with Gasteiger partial charge in [0.25, 0.3) is 0 Å². The Morgan fingerprint density at radius 1 is 1.26 bits per heavy atom. The zero-order valence-electron chi connectivity index (χ0n) is 14.5. The van der Waals surface area contributed by atoms with Gasteiger partial charge in [-0.3, -0.25) is 4.90 Å². The number of hydrogen-bond donors (Lipinski definition) is 1. The van der Waals surface area contributed by atoms with Gasteiger partial charge in [-0.2, -0.15) is 0 Å². The maximum absolute atomic E-state index is 4.58. The average Bonchev–Trinajstić information content (AvgIpc) is 3.10. The molecule has 1 unspecified atom stereocenters. The van der Waals surface area contributed by atoms with Gasteiger partial charge in [0.15, 0.2) is 0 Å². The summed E-state index contributed by atoms with van der Waals surface area (Å²) in [5, 5.41) is 3.68. The van der Waals surface area contributed by atoms with Crippen molar-refractivity contribution in [3.63, 3.8) is 0 Å². The topological polar surface area (TPSA) is 31.4 Å². The summed E-state index contributed by atoms with van der Waals surface area (Å²) in [6.07, 6.45) is 7.51. The number of nitrogens with one attached hydrogen (secondary N) is 1. The Morgan fingerprint density at radius 2 is 2.04 bits per heavy atom. The van der Waals surface area contributed by atoms with Crippen LogP contribution in [0.5, 0.6) is 0 Å². The molecule has 3 rings (SSSR count). The molecule has 0 amide bonds. The third-order valence-electron chi connectivity index (χ3n) is 5.38. The lowest BCUT2D eigenvalue weighted by molar-refractivity contribution is 0.157. The average molecular weight is 339 g/mol. The highest BCUT2D eigenvalue weighted by Crippen LogP contribution is 2.26. The Kier molecular flexibility index (Phi) is 7.12. The van der Waals surface area contributed by atoms with Crippen LogP contribution in [0.4, 0.5) is 5.82 Å². The van der Waals surface area contributed by atoms with Crippen molar-refractivity contribution in [2.24, 2.45) is 5.92 Å². The first-order valence-electron chi connectivity index (χ1n) is 8.88. The first-order valence-corrected chi connectivity index (χ1v) is 8.88. The second-order valence-corrected chi connectivity index (χ2v) is 6.86. The van der Waals surface area contributed by atoms with E-state index in [1.54, 1.807) is 0 Å². The molecule has 4 nitrogen and oxygen atoms in total. The number of rotatable bonds is 5. The van der Waals surface area contributed by atoms with Crippen molar-refractivity contribution in [3.05, 3.63) is 23.9 Å². The van der Waals surface area contributed by atoms with Gasteiger partial charge in [-0.1, -0.05) is 6.07 Å². The van der Waals surface area contributed by atoms with E-state index in [9.17, 15) is 0 Å². The van der Waals surface area contributed by atoms with Crippen molar-refractivity contribution >= 4 is 18.2 Å². The fourth-order valence-electron chi connectivity index (χ4n) is 3.78. The van der Waals surface area contributed by atoms with Crippen LogP contribution in [0.3, 0.4) is 0 Å². The third kappa shape index (κ3) is 4.82. The van der Waals surface area contributed by atoms with Crippen LogP contribution in [0.1, 0.15) is 38.2 Å². The van der Waals surface area contributed by atoms with Gasteiger partial charge >= 0.3 is 0 Å². The molecule has 0 aromatic carbocycles. The van der Waals surface area contributed by atoms with Crippen LogP contribution in [0.25, 0.3) is 0 Å². The Bertz CT molecular complexity index is 451. The van der Waals surface area contributed by atoms with Crippen molar-refractivity contribution in [2.45, 2.75) is 45.2 Å². The van der Waals surface area contributed by atoms with Crippen molar-refractivity contribution in [1.82, 2.24) is 15.2 Å². The smallest absolute Gasteiger partial charge is 0.128 e. The summed E-state index contributed by atoms with van der Waals surface area (Å²) in [7, 11) is 2.09. The van der Waals surface area contributed by atoms with Gasteiger partial charge in [0.2, 0.25) is 0 Å². The van der Waals surface area contributed by atoms with Crippen LogP contribution in [-0.4, -0.2) is 49.2 Å². The predicted molar refractivity (Wildman–Crippen MR) is 99.5 cm³/mol. The standard InChI is InChI=1S/C18H30N4.ClH/c1-3-21(2)18-7-6-15(13-20-18)14-22-11-8-16(9-12-22)17-5-4-10-19-17;/h6-7,13,16-17,19H,3-5,8-12,14H2,1-2H3;1H. The molecule has 0 spiro atoms. The minimum atomic E-state index is 0. The summed E-state index contributed by atoms with van der Waals surface area (Å²) >= 11 is 0. The zero-order chi connectivity index (χ0) is 15.4. The van der Waals surface area contributed by atoms with Gasteiger partial charge in [0.1, 0.15) is 5.82 Å². The Morgan fingerprint density at radius 3 is 2.61 bits per heavy atom. The Labute approximate surface area is 147 Å². The van der Waals surface area contributed by atoms with Crippen molar-refractivity contribution in [1.29, 1.82) is 0 Å². The number of anilines is 1. The summed E-state index contributed by atoms with van der Waals surface area (Å²) < 4.78 is 0. The highest BCUT2D eigenvalue weighted by Gasteiger charge is 2.28. The number of piperidine rings is 1. The van der Waals surface area contributed by atoms with Crippen LogP contribution < -0.4 is 10.2 Å². The van der Waals surface area contributed by atoms with E-state index in [1.807, 2.05) is 6.20 Å². The SMILES string of the molecule is CCN(C)c1ccc(CN2CCC(C3CCCN3)CC2)cn1.Cl. The monoisotopic (exact) mass is 338 g/mol. The molecule has 1 N–H and O–H groups in total. The normalized spacial score (nSPS) is 22.8. The van der Waals surface area contributed by atoms with Gasteiger partial charge in [-0.25, -0.2) is 4.98 Å². The molecule has 0 bridgehead atoms. The van der Waals surface area contributed by atoms with Crippen LogP contribution in [0.15, 0.2) is 18.3 Å². The maximum atomic E-state index is 4.58. The van der Waals surface area contributed by atoms with Gasteiger partial charge in [0, 0.05) is 32.4 Å². The summed E-state index contributed by atoms with van der Waals surface area (Å²) in [5.74, 6) is 1.97. The van der Waals surface area contributed by atoms with E-state index in [4.69, 9.17) is 0 Å². The largest absolute Gasteiger partial charge is 0.360 e. The lowest BCUT2D eigenvalue weighted by Gasteiger charge is -2.34. The van der Waals surface area contributed by atoms with E-state index in [2.05, 4.69) is 46.2 Å². The summed E-state index contributed by atoms with van der Waals surface area (Å²) in [4.78, 5) is 9.34. The van der Waals surface area contributed by atoms with E-state index >= 15 is 0 Å². The molecule has 2 saturated heterocycles. The molecule has 1 atom stereocenters. The molecule has 5 heteroatoms. The van der Waals surface area contributed by atoms with Crippen LogP contribution in [0, 0.1) is 5.92 Å². The lowest BCUT2D eigenvalue weighted by Crippen LogP contribution is -2.40. The molecule has 0 radical (unpaired) electrons. The molecule has 130 valence electrons. The molecule has 2 fully saturated rings. The van der Waals surface area contributed by atoms with E-state index in [1.165, 1.54) is 50.9 Å². The van der Waals surface area contributed by atoms with E-state index < -0.39 is 0 Å². The summed E-state index contributed by atoms with van der Waals surface area (Å²) in [6.45, 7) is 7.90. The van der Waals surface area contributed by atoms with Crippen LogP contribution >= 0.6 is 12.4 Å². The molecular formula is C18H31ClN4. The predicted octanol–water partition coefficient (Wildman–Crippen LogP) is 2.92. The number of aromatic nitrogens is 1. The number of nitrogens with zero attached hydrogens (tertiary/aromatic N) is 3. The van der Waals surface area contributed by atoms with E-state index in [0.717, 1.165) is 30.9 Å². The second kappa shape index (κ2) is 8.86. The molecule has 1 aromatic rings. The fraction of sp³-hybridized carbons (Fsp3) is 0.722. The molecule has 1 aromatic heterocycles. The number of halogens is 1. The fourth-order valence-corrected chi connectivity index (χ4v) is 3.78. The second-order valence-electron chi connectivity index (χ2n) is 6.86. The van der Waals surface area contributed by atoms with Crippen molar-refractivity contribution in [2.75, 3.05) is 38.1 Å². The molecule has 2 aliphatic heterocycles. The van der Waals surface area contributed by atoms with Gasteiger partial charge < -0.3 is 10.2 Å². The van der Waals surface area contributed by atoms with E-state index in [-0.39, 0.29) is 12.4 Å². The highest BCUT2D eigenvalue weighted by atomic mass is 35.5. The van der Waals surface area contributed by atoms with E-state index in [0.29, 0.717) is 0 Å². The van der Waals surface area contributed by atoms with Gasteiger partial charge in [-0.05, 0) is 69.8 Å². The first kappa shape index (κ1) is 18.5. The molecule has 3 heterocycles. The molecule has 2 aliphatic rings. The van der Waals surface area contributed by atoms with Gasteiger partial charge in [-0.15, -0.1) is 12.4 Å². The number of hydrogen-bond acceptors (Lipinski definition) is 4. The van der Waals surface area contributed by atoms with Crippen LogP contribution in [0.2, 0.25) is 0 Å². The lowest BCUT2D eigenvalue weighted by atomic mass is 9.88. The quantitative estimate of drug-likeness (QED) is 0.894. The Hall–Kier alpha value is -0.840. The minimum absolute atomic E-state index is 0. The van der Waals surface area contributed by atoms with Crippen LogP contribution in [-0.2, 0) is 6.54 Å². The maximum Gasteiger partial charge on any atom is 0.128 e. The molecular weight excluding hydrogens is 308 g/mol. The molecule has 23 heavy (non-hydrogen) atoms. The molecule has 0 saturated carbocycles. The number of pyridine rings is 1. The van der Waals surface area contributed by atoms with Crippen molar-refractivity contribution in [3.8, 4) is 0 Å². The highest BCUT2D eigenvalue weighted by molar-refractivity contribution is 5.85. The zero-order valence-corrected chi connectivity index (χ0v) is 15.3. The van der Waals surface area contributed by atoms with Gasteiger partial charge in [0.05, 0.1) is 0 Å². The first-order chi connectivity index (χ1) is 10.8. The van der Waals surface area contributed by atoms with Crippen molar-refractivity contribution < 1.29 is 0 Å². The molecule has 0 aliphatic carbocycles. The third-order valence-corrected chi connectivity index (χ3v) is 5.38. The summed E-state index contributed by atoms with van der Waals surface area (Å²) in [5.41, 5.74) is 1.34.